The van der Waals surface area contributed by atoms with Crippen molar-refractivity contribution in [1.29, 1.82) is 0 Å². The van der Waals surface area contributed by atoms with Crippen molar-refractivity contribution >= 4 is 17.6 Å². The fraction of sp³-hybridized carbons (Fsp3) is 0.125. The van der Waals surface area contributed by atoms with E-state index in [0.29, 0.717) is 6.07 Å². The smallest absolute Gasteiger partial charge is 0.355 e. The third-order valence-corrected chi connectivity index (χ3v) is 3.01. The van der Waals surface area contributed by atoms with Gasteiger partial charge in [0.25, 0.3) is 0 Å². The topological polar surface area (TPSA) is 55.8 Å². The van der Waals surface area contributed by atoms with Crippen molar-refractivity contribution in [1.82, 2.24) is 0 Å². The summed E-state index contributed by atoms with van der Waals surface area (Å²) in [6.45, 7) is 0. The van der Waals surface area contributed by atoms with Gasteiger partial charge in [0, 0.05) is 12.3 Å². The summed E-state index contributed by atoms with van der Waals surface area (Å²) in [5.41, 5.74) is -0.298. The van der Waals surface area contributed by atoms with Crippen molar-refractivity contribution in [3.63, 3.8) is 0 Å². The number of allylic oxidation sites excluding steroid dienone is 2. The summed E-state index contributed by atoms with van der Waals surface area (Å²) in [7, 11) is 2.29. The number of esters is 2. The predicted octanol–water partition coefficient (Wildman–Crippen LogP) is 2.45. The number of anilines is 1. The van der Waals surface area contributed by atoms with Gasteiger partial charge < -0.3 is 14.4 Å². The van der Waals surface area contributed by atoms with Gasteiger partial charge in [-0.1, -0.05) is 6.08 Å². The molecule has 120 valence electrons. The van der Waals surface area contributed by atoms with Gasteiger partial charge in [-0.3, -0.25) is 0 Å². The van der Waals surface area contributed by atoms with Gasteiger partial charge in [0.05, 0.1) is 25.5 Å². The van der Waals surface area contributed by atoms with Gasteiger partial charge >= 0.3 is 11.9 Å². The Morgan fingerprint density at radius 1 is 0.957 bits per heavy atom. The number of benzene rings is 1. The van der Waals surface area contributed by atoms with E-state index in [0.717, 1.165) is 31.3 Å². The van der Waals surface area contributed by atoms with Gasteiger partial charge in [-0.2, -0.15) is 0 Å². The third kappa shape index (κ3) is 3.45. The van der Waals surface area contributed by atoms with Crippen molar-refractivity contribution in [3.05, 3.63) is 65.5 Å². The predicted molar refractivity (Wildman–Crippen MR) is 78.2 cm³/mol. The molecule has 0 saturated carbocycles. The molecular formula is C16H13F2NO4. The van der Waals surface area contributed by atoms with E-state index in [9.17, 15) is 18.4 Å². The highest BCUT2D eigenvalue weighted by atomic mass is 19.1. The maximum absolute atomic E-state index is 13.5. The number of rotatable bonds is 3. The molecule has 0 aliphatic carbocycles. The van der Waals surface area contributed by atoms with Gasteiger partial charge in [-0.25, -0.2) is 18.4 Å². The van der Waals surface area contributed by atoms with Crippen LogP contribution in [-0.2, 0) is 19.1 Å². The van der Waals surface area contributed by atoms with Crippen LogP contribution in [0.25, 0.3) is 0 Å². The molecule has 0 bridgehead atoms. The van der Waals surface area contributed by atoms with E-state index in [2.05, 4.69) is 9.47 Å². The lowest BCUT2D eigenvalue weighted by molar-refractivity contribution is -0.139. The molecule has 1 aliphatic rings. The summed E-state index contributed by atoms with van der Waals surface area (Å²) in [6.07, 6.45) is 5.73. The fourth-order valence-corrected chi connectivity index (χ4v) is 2.04. The Kier molecular flexibility index (Phi) is 4.90. The standard InChI is InChI=1S/C16H13F2NO4/c1-22-15(20)13-5-3-4-6-19(14(13)16(21)23-2)12-8-10(17)7-11(18)9-12/h3-9H,1-2H3. The quantitative estimate of drug-likeness (QED) is 0.801. The van der Waals surface area contributed by atoms with E-state index in [1.165, 1.54) is 24.4 Å². The van der Waals surface area contributed by atoms with Crippen molar-refractivity contribution in [2.24, 2.45) is 0 Å². The normalized spacial score (nSPS) is 13.8. The first-order valence-electron chi connectivity index (χ1n) is 6.49. The molecule has 0 saturated heterocycles. The highest BCUT2D eigenvalue weighted by molar-refractivity contribution is 6.05. The van der Waals surface area contributed by atoms with E-state index in [1.807, 2.05) is 0 Å². The molecule has 0 radical (unpaired) electrons. The van der Waals surface area contributed by atoms with Crippen LogP contribution in [0.3, 0.4) is 0 Å². The lowest BCUT2D eigenvalue weighted by Crippen LogP contribution is -2.27. The molecule has 5 nitrogen and oxygen atoms in total. The largest absolute Gasteiger partial charge is 0.465 e. The molecule has 1 heterocycles. The molecule has 2 rings (SSSR count). The van der Waals surface area contributed by atoms with Gasteiger partial charge in [0.1, 0.15) is 17.3 Å². The highest BCUT2D eigenvalue weighted by Crippen LogP contribution is 2.27. The molecule has 23 heavy (non-hydrogen) atoms. The van der Waals surface area contributed by atoms with Crippen molar-refractivity contribution in [2.45, 2.75) is 0 Å². The Hall–Kier alpha value is -2.96. The van der Waals surface area contributed by atoms with Gasteiger partial charge in [0.2, 0.25) is 0 Å². The Bertz CT molecular complexity index is 717. The molecule has 0 atom stereocenters. The van der Waals surface area contributed by atoms with Crippen LogP contribution in [0.2, 0.25) is 0 Å². The second-order valence-corrected chi connectivity index (χ2v) is 4.44. The second kappa shape index (κ2) is 6.87. The number of nitrogens with zero attached hydrogens (tertiary/aromatic N) is 1. The van der Waals surface area contributed by atoms with Crippen LogP contribution in [0.5, 0.6) is 0 Å². The van der Waals surface area contributed by atoms with Crippen LogP contribution in [0.4, 0.5) is 14.5 Å². The van der Waals surface area contributed by atoms with Crippen molar-refractivity contribution in [2.75, 3.05) is 19.1 Å². The zero-order valence-electron chi connectivity index (χ0n) is 12.4. The van der Waals surface area contributed by atoms with Crippen LogP contribution in [0.15, 0.2) is 53.9 Å². The molecule has 0 amide bonds. The summed E-state index contributed by atoms with van der Waals surface area (Å²) in [6, 6.07) is 2.75. The zero-order chi connectivity index (χ0) is 17.0. The lowest BCUT2D eigenvalue weighted by atomic mass is 10.1. The van der Waals surface area contributed by atoms with Crippen LogP contribution in [0.1, 0.15) is 0 Å². The molecule has 1 aromatic carbocycles. The minimum absolute atomic E-state index is 0.0178. The van der Waals surface area contributed by atoms with Crippen LogP contribution in [0, 0.1) is 11.6 Å². The first kappa shape index (κ1) is 16.4. The first-order valence-corrected chi connectivity index (χ1v) is 6.49. The highest BCUT2D eigenvalue weighted by Gasteiger charge is 2.27. The Balaban J connectivity index is 2.68. The summed E-state index contributed by atoms with van der Waals surface area (Å²) in [5, 5.41) is 0. The van der Waals surface area contributed by atoms with Crippen LogP contribution >= 0.6 is 0 Å². The first-order chi connectivity index (χ1) is 11.0. The third-order valence-electron chi connectivity index (χ3n) is 3.01. The number of carbonyl (C=O) groups is 2. The number of hydrogen-bond acceptors (Lipinski definition) is 5. The Labute approximate surface area is 131 Å². The Morgan fingerprint density at radius 3 is 2.13 bits per heavy atom. The molecule has 7 heteroatoms. The molecule has 0 N–H and O–H groups in total. The molecule has 0 aromatic heterocycles. The van der Waals surface area contributed by atoms with Crippen LogP contribution < -0.4 is 4.90 Å². The number of ether oxygens (including phenoxy) is 2. The molecule has 0 unspecified atom stereocenters. The Morgan fingerprint density at radius 2 is 1.57 bits per heavy atom. The van der Waals surface area contributed by atoms with Gasteiger partial charge in [-0.15, -0.1) is 0 Å². The summed E-state index contributed by atoms with van der Waals surface area (Å²) >= 11 is 0. The summed E-state index contributed by atoms with van der Waals surface area (Å²) in [5.74, 6) is -3.29. The number of carbonyl (C=O) groups excluding carboxylic acids is 2. The minimum atomic E-state index is -0.855. The van der Waals surface area contributed by atoms with Crippen molar-refractivity contribution < 1.29 is 27.8 Å². The monoisotopic (exact) mass is 321 g/mol. The van der Waals surface area contributed by atoms with Crippen LogP contribution in [-0.4, -0.2) is 26.2 Å². The summed E-state index contributed by atoms with van der Waals surface area (Å²) in [4.78, 5) is 25.2. The summed E-state index contributed by atoms with van der Waals surface area (Å²) < 4.78 is 36.3. The molecule has 1 aliphatic heterocycles. The molecule has 0 fully saturated rings. The number of methoxy groups -OCH3 is 2. The zero-order valence-corrected chi connectivity index (χ0v) is 12.4. The van der Waals surface area contributed by atoms with Gasteiger partial charge in [-0.05, 0) is 24.3 Å². The number of halogens is 2. The van der Waals surface area contributed by atoms with Crippen molar-refractivity contribution in [3.8, 4) is 0 Å². The number of hydrogen-bond donors (Lipinski definition) is 0. The minimum Gasteiger partial charge on any atom is -0.465 e. The van der Waals surface area contributed by atoms with Gasteiger partial charge in [0.15, 0.2) is 0 Å². The average Bonchev–Trinajstić information content (AvgIpc) is 2.75. The van der Waals surface area contributed by atoms with E-state index in [4.69, 9.17) is 0 Å². The average molecular weight is 321 g/mol. The van der Waals surface area contributed by atoms with E-state index in [-0.39, 0.29) is 17.0 Å². The van der Waals surface area contributed by atoms with E-state index in [1.54, 1.807) is 0 Å². The second-order valence-electron chi connectivity index (χ2n) is 4.44. The molecule has 0 spiro atoms. The molecular weight excluding hydrogens is 308 g/mol. The maximum Gasteiger partial charge on any atom is 0.355 e. The molecule has 1 aromatic rings. The lowest BCUT2D eigenvalue weighted by Gasteiger charge is -2.23. The SMILES string of the molecule is COC(=O)C1=C(C(=O)OC)N(c2cc(F)cc(F)c2)C=CC=C1. The maximum atomic E-state index is 13.5. The van der Waals surface area contributed by atoms with E-state index < -0.39 is 23.6 Å². The fourth-order valence-electron chi connectivity index (χ4n) is 2.04. The van der Waals surface area contributed by atoms with E-state index >= 15 is 0 Å².